The predicted molar refractivity (Wildman–Crippen MR) is 65.8 cm³/mol. The molecular weight excluding hydrogens is 212 g/mol. The number of esters is 1. The Bertz CT molecular complexity index is 503. The van der Waals surface area contributed by atoms with Crippen molar-refractivity contribution in [3.05, 3.63) is 47.5 Å². The summed E-state index contributed by atoms with van der Waals surface area (Å²) in [6.45, 7) is 5.97. The summed E-state index contributed by atoms with van der Waals surface area (Å²) < 4.78 is 5.56. The molecule has 0 amide bonds. The highest BCUT2D eigenvalue weighted by molar-refractivity contribution is 5.93. The van der Waals surface area contributed by atoms with Crippen molar-refractivity contribution in [1.82, 2.24) is 0 Å². The van der Waals surface area contributed by atoms with Gasteiger partial charge in [-0.25, -0.2) is 4.79 Å². The summed E-state index contributed by atoms with van der Waals surface area (Å²) >= 11 is 0. The molecule has 1 aliphatic carbocycles. The molecule has 2 nitrogen and oxygen atoms in total. The molecule has 1 saturated heterocycles. The monoisotopic (exact) mass is 228 g/mol. The van der Waals surface area contributed by atoms with Crippen molar-refractivity contribution in [1.29, 1.82) is 0 Å². The highest BCUT2D eigenvalue weighted by Crippen LogP contribution is 2.48. The van der Waals surface area contributed by atoms with E-state index in [9.17, 15) is 4.79 Å². The number of benzene rings is 1. The van der Waals surface area contributed by atoms with Crippen molar-refractivity contribution < 1.29 is 9.53 Å². The van der Waals surface area contributed by atoms with E-state index in [1.54, 1.807) is 0 Å². The van der Waals surface area contributed by atoms with Gasteiger partial charge in [-0.2, -0.15) is 0 Å². The summed E-state index contributed by atoms with van der Waals surface area (Å²) in [5.74, 6) is -0.192. The van der Waals surface area contributed by atoms with Gasteiger partial charge in [-0.3, -0.25) is 0 Å². The van der Waals surface area contributed by atoms with Crippen LogP contribution in [0.5, 0.6) is 0 Å². The number of ether oxygens (including phenoxy) is 1. The molecular formula is C15H16O2. The van der Waals surface area contributed by atoms with Gasteiger partial charge in [-0.15, -0.1) is 0 Å². The Labute approximate surface area is 101 Å². The van der Waals surface area contributed by atoms with E-state index in [1.165, 1.54) is 11.1 Å². The van der Waals surface area contributed by atoms with E-state index < -0.39 is 0 Å². The van der Waals surface area contributed by atoms with Crippen molar-refractivity contribution in [2.24, 2.45) is 0 Å². The summed E-state index contributed by atoms with van der Waals surface area (Å²) in [5.41, 5.74) is 2.78. The maximum Gasteiger partial charge on any atom is 0.334 e. The average molecular weight is 228 g/mol. The fourth-order valence-corrected chi connectivity index (χ4v) is 3.21. The summed E-state index contributed by atoms with van der Waals surface area (Å²) in [5, 5.41) is 0. The van der Waals surface area contributed by atoms with Crippen LogP contribution < -0.4 is 0 Å². The molecule has 1 aliphatic heterocycles. The van der Waals surface area contributed by atoms with Crippen LogP contribution in [0, 0.1) is 0 Å². The molecule has 0 bridgehead atoms. The van der Waals surface area contributed by atoms with Crippen LogP contribution in [0.1, 0.15) is 36.8 Å². The minimum Gasteiger partial charge on any atom is -0.455 e. The molecule has 1 heterocycles. The fraction of sp³-hybridized carbons (Fsp3) is 0.400. The first-order valence-electron chi connectivity index (χ1n) is 6.12. The van der Waals surface area contributed by atoms with Crippen molar-refractivity contribution in [2.75, 3.05) is 0 Å². The number of hydrogen-bond donors (Lipinski definition) is 0. The summed E-state index contributed by atoms with van der Waals surface area (Å²) in [4.78, 5) is 11.7. The first kappa shape index (κ1) is 10.6. The highest BCUT2D eigenvalue weighted by atomic mass is 16.6. The minimum atomic E-state index is -0.388. The Balaban J connectivity index is 2.18. The summed E-state index contributed by atoms with van der Waals surface area (Å²) in [6.07, 6.45) is 3.04. The van der Waals surface area contributed by atoms with Gasteiger partial charge < -0.3 is 4.74 Å². The van der Waals surface area contributed by atoms with Gasteiger partial charge in [0, 0.05) is 5.57 Å². The minimum absolute atomic E-state index is 0.0358. The normalized spacial score (nSPS) is 31.5. The van der Waals surface area contributed by atoms with E-state index in [4.69, 9.17) is 4.74 Å². The van der Waals surface area contributed by atoms with Gasteiger partial charge in [0.05, 0.1) is 5.92 Å². The maximum absolute atomic E-state index is 11.7. The average Bonchev–Trinajstić information content (AvgIpc) is 2.45. The standard InChI is InChI=1S/C15H16O2/c1-10-13-12-8-4-3-6-11(12)7-5-9-15(13,2)17-14(10)16/h3-4,6,8,13H,1,5,7,9H2,2H3/t13-,15+/m0/s1. The van der Waals surface area contributed by atoms with Crippen LogP contribution in [0.25, 0.3) is 0 Å². The third-order valence-electron chi connectivity index (χ3n) is 4.03. The van der Waals surface area contributed by atoms with Crippen LogP contribution in [0.4, 0.5) is 0 Å². The smallest absolute Gasteiger partial charge is 0.334 e. The van der Waals surface area contributed by atoms with Crippen LogP contribution in [-0.2, 0) is 16.0 Å². The molecule has 0 radical (unpaired) electrons. The largest absolute Gasteiger partial charge is 0.455 e. The van der Waals surface area contributed by atoms with Gasteiger partial charge in [-0.1, -0.05) is 30.8 Å². The van der Waals surface area contributed by atoms with E-state index >= 15 is 0 Å². The van der Waals surface area contributed by atoms with E-state index in [-0.39, 0.29) is 17.5 Å². The lowest BCUT2D eigenvalue weighted by molar-refractivity contribution is -0.146. The van der Waals surface area contributed by atoms with Gasteiger partial charge >= 0.3 is 5.97 Å². The van der Waals surface area contributed by atoms with Crippen LogP contribution >= 0.6 is 0 Å². The van der Waals surface area contributed by atoms with Crippen molar-refractivity contribution in [3.8, 4) is 0 Å². The van der Waals surface area contributed by atoms with Gasteiger partial charge in [0.2, 0.25) is 0 Å². The van der Waals surface area contributed by atoms with Gasteiger partial charge in [-0.05, 0) is 37.3 Å². The Morgan fingerprint density at radius 3 is 3.00 bits per heavy atom. The van der Waals surface area contributed by atoms with E-state index in [0.717, 1.165) is 19.3 Å². The highest BCUT2D eigenvalue weighted by Gasteiger charge is 2.50. The number of fused-ring (bicyclic) bond motifs is 3. The van der Waals surface area contributed by atoms with Gasteiger partial charge in [0.25, 0.3) is 0 Å². The number of rotatable bonds is 0. The lowest BCUT2D eigenvalue weighted by Gasteiger charge is -2.28. The molecule has 88 valence electrons. The third-order valence-corrected chi connectivity index (χ3v) is 4.03. The SMILES string of the molecule is C=C1C(=O)O[C@]2(C)CCCc3ccccc3[C@H]12. The molecule has 2 heteroatoms. The number of hydrogen-bond acceptors (Lipinski definition) is 2. The fourth-order valence-electron chi connectivity index (χ4n) is 3.21. The molecule has 1 fully saturated rings. The topological polar surface area (TPSA) is 26.3 Å². The Hall–Kier alpha value is -1.57. The molecule has 1 aromatic carbocycles. The van der Waals surface area contributed by atoms with Crippen molar-refractivity contribution in [2.45, 2.75) is 37.7 Å². The number of carbonyl (C=O) groups is 1. The lowest BCUT2D eigenvalue weighted by atomic mass is 9.79. The predicted octanol–water partition coefficient (Wildman–Crippen LogP) is 2.98. The van der Waals surface area contributed by atoms with Crippen LogP contribution in [0.3, 0.4) is 0 Å². The molecule has 2 atom stereocenters. The molecule has 0 aromatic heterocycles. The maximum atomic E-state index is 11.7. The van der Waals surface area contributed by atoms with Crippen LogP contribution in [0.2, 0.25) is 0 Å². The molecule has 0 unspecified atom stereocenters. The zero-order chi connectivity index (χ0) is 12.0. The van der Waals surface area contributed by atoms with Gasteiger partial charge in [0.15, 0.2) is 0 Å². The van der Waals surface area contributed by atoms with Crippen molar-refractivity contribution in [3.63, 3.8) is 0 Å². The first-order chi connectivity index (χ1) is 8.12. The van der Waals surface area contributed by atoms with Crippen LogP contribution in [-0.4, -0.2) is 11.6 Å². The third kappa shape index (κ3) is 1.43. The zero-order valence-electron chi connectivity index (χ0n) is 10.0. The summed E-state index contributed by atoms with van der Waals surface area (Å²) in [6, 6.07) is 8.34. The molecule has 0 saturated carbocycles. The number of aryl methyl sites for hydroxylation is 1. The van der Waals surface area contributed by atoms with Gasteiger partial charge in [0.1, 0.15) is 5.60 Å². The molecule has 3 rings (SSSR count). The second kappa shape index (κ2) is 3.46. The molecule has 17 heavy (non-hydrogen) atoms. The Kier molecular flexibility index (Phi) is 2.15. The molecule has 0 spiro atoms. The Morgan fingerprint density at radius 2 is 2.18 bits per heavy atom. The van der Waals surface area contributed by atoms with E-state index in [1.807, 2.05) is 13.0 Å². The molecule has 0 N–H and O–H groups in total. The first-order valence-corrected chi connectivity index (χ1v) is 6.12. The van der Waals surface area contributed by atoms with Crippen molar-refractivity contribution >= 4 is 5.97 Å². The number of carbonyl (C=O) groups excluding carboxylic acids is 1. The van der Waals surface area contributed by atoms with E-state index in [2.05, 4.69) is 24.8 Å². The second-order valence-electron chi connectivity index (χ2n) is 5.21. The van der Waals surface area contributed by atoms with Crippen LogP contribution in [0.15, 0.2) is 36.4 Å². The molecule has 1 aromatic rings. The lowest BCUT2D eigenvalue weighted by Crippen LogP contribution is -2.29. The molecule has 2 aliphatic rings. The summed E-state index contributed by atoms with van der Waals surface area (Å²) in [7, 11) is 0. The quantitative estimate of drug-likeness (QED) is 0.504. The second-order valence-corrected chi connectivity index (χ2v) is 5.21. The zero-order valence-corrected chi connectivity index (χ0v) is 10.0. The van der Waals surface area contributed by atoms with E-state index in [0.29, 0.717) is 5.57 Å². The Morgan fingerprint density at radius 1 is 1.41 bits per heavy atom.